The molecule has 0 bridgehead atoms. The van der Waals surface area contributed by atoms with Crippen LogP contribution >= 0.6 is 0 Å². The van der Waals surface area contributed by atoms with E-state index < -0.39 is 18.3 Å². The van der Waals surface area contributed by atoms with E-state index in [9.17, 15) is 13.2 Å². The zero-order valence-corrected chi connectivity index (χ0v) is 5.84. The predicted octanol–water partition coefficient (Wildman–Crippen LogP) is 0.988. The minimum atomic E-state index is -4.42. The minimum absolute atomic E-state index is 0.0250. The molecule has 0 aliphatic carbocycles. The Morgan fingerprint density at radius 1 is 1.25 bits per heavy atom. The van der Waals surface area contributed by atoms with Crippen molar-refractivity contribution in [3.8, 4) is 0 Å². The number of aromatic nitrogens is 2. The van der Waals surface area contributed by atoms with Gasteiger partial charge in [0.2, 0.25) is 0 Å². The smallest absolute Gasteiger partial charge is 0.388 e. The molecule has 12 heavy (non-hydrogen) atoms. The van der Waals surface area contributed by atoms with Gasteiger partial charge in [0.15, 0.2) is 5.82 Å². The summed E-state index contributed by atoms with van der Waals surface area (Å²) < 4.78 is 35.6. The molecule has 0 saturated carbocycles. The third-order valence-electron chi connectivity index (χ3n) is 1.17. The van der Waals surface area contributed by atoms with Gasteiger partial charge in [-0.1, -0.05) is 0 Å². The fourth-order valence-corrected chi connectivity index (χ4v) is 0.583. The molecule has 1 aromatic heterocycles. The van der Waals surface area contributed by atoms with Gasteiger partial charge in [0.05, 0.1) is 5.56 Å². The lowest BCUT2D eigenvalue weighted by molar-refractivity contribution is -0.138. The quantitative estimate of drug-likeness (QED) is 0.697. The van der Waals surface area contributed by atoms with Crippen molar-refractivity contribution in [2.75, 3.05) is 0 Å². The Bertz CT molecular complexity index is 256. The largest absolute Gasteiger partial charge is 0.419 e. The van der Waals surface area contributed by atoms with E-state index >= 15 is 0 Å². The highest BCUT2D eigenvalue weighted by atomic mass is 19.4. The summed E-state index contributed by atoms with van der Waals surface area (Å²) in [5.74, 6) is -0.0250. The van der Waals surface area contributed by atoms with Crippen LogP contribution in [0.2, 0.25) is 0 Å². The Morgan fingerprint density at radius 2 is 1.75 bits per heavy atom. The van der Waals surface area contributed by atoms with E-state index in [-0.39, 0.29) is 5.82 Å². The van der Waals surface area contributed by atoms with Crippen LogP contribution in [0.1, 0.15) is 11.4 Å². The average Bonchev–Trinajstić information content (AvgIpc) is 2.03. The molecule has 0 radical (unpaired) electrons. The van der Waals surface area contributed by atoms with Crippen LogP contribution in [0.3, 0.4) is 0 Å². The Labute approximate surface area is 65.9 Å². The van der Waals surface area contributed by atoms with Gasteiger partial charge in [-0.05, 0) is 0 Å². The lowest BCUT2D eigenvalue weighted by Gasteiger charge is -2.04. The van der Waals surface area contributed by atoms with E-state index in [1.165, 1.54) is 0 Å². The predicted molar refractivity (Wildman–Crippen MR) is 33.0 cm³/mol. The van der Waals surface area contributed by atoms with Gasteiger partial charge in [0, 0.05) is 12.4 Å². The molecule has 0 saturated heterocycles. The van der Waals surface area contributed by atoms with Gasteiger partial charge in [-0.3, -0.25) is 0 Å². The van der Waals surface area contributed by atoms with Crippen LogP contribution in [0.4, 0.5) is 13.2 Å². The highest BCUT2D eigenvalue weighted by molar-refractivity contribution is 5.08. The molecule has 0 aromatic carbocycles. The topological polar surface area (TPSA) is 46.0 Å². The summed E-state index contributed by atoms with van der Waals surface area (Å²) >= 11 is 0. The molecule has 1 N–H and O–H groups in total. The zero-order valence-electron chi connectivity index (χ0n) is 5.84. The van der Waals surface area contributed by atoms with Crippen molar-refractivity contribution in [2.45, 2.75) is 12.8 Å². The third kappa shape index (κ3) is 1.91. The van der Waals surface area contributed by atoms with Crippen LogP contribution in [0.15, 0.2) is 12.4 Å². The molecule has 1 aromatic rings. The van der Waals surface area contributed by atoms with Crippen LogP contribution in [-0.4, -0.2) is 15.1 Å². The van der Waals surface area contributed by atoms with Crippen LogP contribution < -0.4 is 0 Å². The summed E-state index contributed by atoms with van der Waals surface area (Å²) in [7, 11) is 0. The summed E-state index contributed by atoms with van der Waals surface area (Å²) in [5, 5.41) is 8.43. The summed E-state index contributed by atoms with van der Waals surface area (Å²) in [6, 6.07) is 0. The maximum atomic E-state index is 11.9. The number of aliphatic hydroxyl groups excluding tert-OH is 1. The number of halogens is 3. The molecule has 0 aliphatic heterocycles. The fourth-order valence-electron chi connectivity index (χ4n) is 0.583. The van der Waals surface area contributed by atoms with Crippen LogP contribution in [0.25, 0.3) is 0 Å². The Kier molecular flexibility index (Phi) is 2.27. The van der Waals surface area contributed by atoms with Gasteiger partial charge in [-0.25, -0.2) is 9.97 Å². The molecule has 66 valence electrons. The number of hydrogen-bond donors (Lipinski definition) is 1. The highest BCUT2D eigenvalue weighted by Crippen LogP contribution is 2.27. The average molecular weight is 178 g/mol. The molecular weight excluding hydrogens is 173 g/mol. The molecule has 1 rings (SSSR count). The molecular formula is C6H5F3N2O. The number of rotatable bonds is 1. The third-order valence-corrected chi connectivity index (χ3v) is 1.17. The van der Waals surface area contributed by atoms with Crippen molar-refractivity contribution < 1.29 is 18.3 Å². The monoisotopic (exact) mass is 178 g/mol. The van der Waals surface area contributed by atoms with Crippen molar-refractivity contribution in [3.05, 3.63) is 23.8 Å². The van der Waals surface area contributed by atoms with E-state index in [2.05, 4.69) is 9.97 Å². The molecule has 6 heteroatoms. The number of hydrogen-bond acceptors (Lipinski definition) is 3. The minimum Gasteiger partial charge on any atom is -0.388 e. The molecule has 0 fully saturated rings. The normalized spacial score (nSPS) is 11.7. The Hall–Kier alpha value is -1.17. The van der Waals surface area contributed by atoms with E-state index in [4.69, 9.17) is 5.11 Å². The van der Waals surface area contributed by atoms with Gasteiger partial charge in [-0.15, -0.1) is 0 Å². The number of aliphatic hydroxyl groups is 1. The van der Waals surface area contributed by atoms with Crippen LogP contribution in [-0.2, 0) is 12.8 Å². The number of alkyl halides is 3. The first-order chi connectivity index (χ1) is 5.54. The molecule has 0 atom stereocenters. The molecule has 3 nitrogen and oxygen atoms in total. The van der Waals surface area contributed by atoms with E-state index in [0.717, 1.165) is 0 Å². The molecule has 0 unspecified atom stereocenters. The Balaban J connectivity index is 2.93. The summed E-state index contributed by atoms with van der Waals surface area (Å²) in [6.45, 7) is -0.460. The Morgan fingerprint density at radius 3 is 2.08 bits per heavy atom. The summed E-state index contributed by atoms with van der Waals surface area (Å²) in [5.41, 5.74) is -0.917. The van der Waals surface area contributed by atoms with Crippen molar-refractivity contribution in [3.63, 3.8) is 0 Å². The van der Waals surface area contributed by atoms with Gasteiger partial charge in [0.25, 0.3) is 0 Å². The van der Waals surface area contributed by atoms with Crippen molar-refractivity contribution in [1.82, 2.24) is 9.97 Å². The van der Waals surface area contributed by atoms with Crippen molar-refractivity contribution >= 4 is 0 Å². The second kappa shape index (κ2) is 3.06. The van der Waals surface area contributed by atoms with Crippen molar-refractivity contribution in [1.29, 1.82) is 0 Å². The maximum Gasteiger partial charge on any atom is 0.419 e. The van der Waals surface area contributed by atoms with E-state index in [1.54, 1.807) is 0 Å². The van der Waals surface area contributed by atoms with Crippen LogP contribution in [0.5, 0.6) is 0 Å². The van der Waals surface area contributed by atoms with Gasteiger partial charge in [0.1, 0.15) is 6.61 Å². The first-order valence-corrected chi connectivity index (χ1v) is 3.03. The lowest BCUT2D eigenvalue weighted by atomic mass is 10.3. The molecule has 1 heterocycles. The fraction of sp³-hybridized carbons (Fsp3) is 0.333. The SMILES string of the molecule is OCc1ncc(C(F)(F)F)cn1. The first kappa shape index (κ1) is 8.92. The molecule has 0 spiro atoms. The van der Waals surface area contributed by atoms with E-state index in [0.29, 0.717) is 12.4 Å². The second-order valence-electron chi connectivity index (χ2n) is 2.04. The molecule has 0 aliphatic rings. The first-order valence-electron chi connectivity index (χ1n) is 3.03. The zero-order chi connectivity index (χ0) is 9.19. The molecule has 0 amide bonds. The number of nitrogens with zero attached hydrogens (tertiary/aromatic N) is 2. The standard InChI is InChI=1S/C6H5F3N2O/c7-6(8,9)4-1-10-5(3-12)11-2-4/h1-2,12H,3H2. The second-order valence-corrected chi connectivity index (χ2v) is 2.04. The van der Waals surface area contributed by atoms with Gasteiger partial charge >= 0.3 is 6.18 Å². The van der Waals surface area contributed by atoms with Gasteiger partial charge < -0.3 is 5.11 Å². The highest BCUT2D eigenvalue weighted by Gasteiger charge is 2.31. The lowest BCUT2D eigenvalue weighted by Crippen LogP contribution is -2.07. The van der Waals surface area contributed by atoms with Crippen LogP contribution in [0, 0.1) is 0 Å². The summed E-state index contributed by atoms with van der Waals surface area (Å²) in [6.07, 6.45) is -3.15. The summed E-state index contributed by atoms with van der Waals surface area (Å²) in [4.78, 5) is 6.57. The van der Waals surface area contributed by atoms with Gasteiger partial charge in [-0.2, -0.15) is 13.2 Å². The van der Waals surface area contributed by atoms with Crippen molar-refractivity contribution in [2.24, 2.45) is 0 Å². The van der Waals surface area contributed by atoms with E-state index in [1.807, 2.05) is 0 Å². The maximum absolute atomic E-state index is 11.9.